The summed E-state index contributed by atoms with van der Waals surface area (Å²) in [5.41, 5.74) is 1.94. The largest absolute Gasteiger partial charge is 0.378 e. The fraction of sp³-hybridized carbons (Fsp3) is 0.353. The molecule has 1 aromatic heterocycles. The van der Waals surface area contributed by atoms with Gasteiger partial charge in [-0.25, -0.2) is 0 Å². The van der Waals surface area contributed by atoms with Gasteiger partial charge in [-0.05, 0) is 36.2 Å². The number of rotatable bonds is 3. The van der Waals surface area contributed by atoms with Crippen molar-refractivity contribution in [2.75, 3.05) is 26.3 Å². The Bertz CT molecular complexity index is 612. The second-order valence-electron chi connectivity index (χ2n) is 5.10. The summed E-state index contributed by atoms with van der Waals surface area (Å²) in [5.74, 6) is 0.102. The molecule has 1 aromatic carbocycles. The van der Waals surface area contributed by atoms with E-state index in [4.69, 9.17) is 4.74 Å². The quantitative estimate of drug-likeness (QED) is 0.869. The molecule has 0 N–H and O–H groups in total. The zero-order chi connectivity index (χ0) is 14.7. The summed E-state index contributed by atoms with van der Waals surface area (Å²) in [6.45, 7) is 4.81. The Labute approximate surface area is 129 Å². The van der Waals surface area contributed by atoms with Crippen LogP contribution in [-0.4, -0.2) is 37.1 Å². The van der Waals surface area contributed by atoms with Crippen LogP contribution in [0.5, 0.6) is 0 Å². The normalized spacial score (nSPS) is 15.2. The molecule has 1 aliphatic rings. The lowest BCUT2D eigenvalue weighted by molar-refractivity contribution is 0.0303. The Kier molecular flexibility index (Phi) is 4.36. The van der Waals surface area contributed by atoms with Crippen molar-refractivity contribution in [2.24, 2.45) is 0 Å². The van der Waals surface area contributed by atoms with Crippen LogP contribution < -0.4 is 0 Å². The van der Waals surface area contributed by atoms with Crippen molar-refractivity contribution < 1.29 is 9.53 Å². The number of benzene rings is 1. The zero-order valence-electron chi connectivity index (χ0n) is 12.2. The third kappa shape index (κ3) is 3.17. The lowest BCUT2D eigenvalue weighted by Gasteiger charge is -2.26. The van der Waals surface area contributed by atoms with E-state index in [1.807, 2.05) is 40.5 Å². The van der Waals surface area contributed by atoms with Crippen LogP contribution in [0.1, 0.15) is 22.2 Å². The van der Waals surface area contributed by atoms with Crippen LogP contribution in [0.4, 0.5) is 0 Å². The summed E-state index contributed by atoms with van der Waals surface area (Å²) < 4.78 is 5.28. The van der Waals surface area contributed by atoms with Crippen LogP contribution in [0.3, 0.4) is 0 Å². The number of hydrogen-bond acceptors (Lipinski definition) is 3. The Morgan fingerprint density at radius 1 is 1.14 bits per heavy atom. The topological polar surface area (TPSA) is 29.5 Å². The summed E-state index contributed by atoms with van der Waals surface area (Å²) in [6, 6.07) is 12.3. The van der Waals surface area contributed by atoms with Gasteiger partial charge in [0.1, 0.15) is 0 Å². The Morgan fingerprint density at radius 3 is 2.48 bits per heavy atom. The van der Waals surface area contributed by atoms with Crippen molar-refractivity contribution in [3.8, 4) is 10.4 Å². The van der Waals surface area contributed by atoms with E-state index in [-0.39, 0.29) is 5.91 Å². The first-order valence-electron chi connectivity index (χ1n) is 7.34. The lowest BCUT2D eigenvalue weighted by Crippen LogP contribution is -2.40. The van der Waals surface area contributed by atoms with E-state index in [1.165, 1.54) is 15.3 Å². The minimum Gasteiger partial charge on any atom is -0.378 e. The summed E-state index contributed by atoms with van der Waals surface area (Å²) >= 11 is 1.82. The third-order valence-electron chi connectivity index (χ3n) is 3.72. The molecule has 110 valence electrons. The smallest absolute Gasteiger partial charge is 0.254 e. The van der Waals surface area contributed by atoms with Gasteiger partial charge in [0.2, 0.25) is 0 Å². The van der Waals surface area contributed by atoms with Crippen molar-refractivity contribution >= 4 is 17.2 Å². The maximum atomic E-state index is 12.4. The van der Waals surface area contributed by atoms with Gasteiger partial charge in [0.25, 0.3) is 5.91 Å². The van der Waals surface area contributed by atoms with Crippen molar-refractivity contribution in [1.82, 2.24) is 4.90 Å². The van der Waals surface area contributed by atoms with Gasteiger partial charge in [-0.2, -0.15) is 0 Å². The van der Waals surface area contributed by atoms with E-state index in [0.29, 0.717) is 26.3 Å². The molecule has 3 nitrogen and oxygen atoms in total. The fourth-order valence-electron chi connectivity index (χ4n) is 2.45. The maximum absolute atomic E-state index is 12.4. The van der Waals surface area contributed by atoms with Crippen molar-refractivity contribution in [1.29, 1.82) is 0 Å². The fourth-order valence-corrected chi connectivity index (χ4v) is 3.40. The monoisotopic (exact) mass is 301 g/mol. The lowest BCUT2D eigenvalue weighted by atomic mass is 10.1. The van der Waals surface area contributed by atoms with Crippen LogP contribution in [0.25, 0.3) is 10.4 Å². The zero-order valence-corrected chi connectivity index (χ0v) is 13.0. The predicted octanol–water partition coefficient (Wildman–Crippen LogP) is 3.45. The first kappa shape index (κ1) is 14.3. The number of hydrogen-bond donors (Lipinski definition) is 0. The van der Waals surface area contributed by atoms with Gasteiger partial charge in [-0.3, -0.25) is 4.79 Å². The minimum absolute atomic E-state index is 0.102. The highest BCUT2D eigenvalue weighted by Crippen LogP contribution is 2.28. The summed E-state index contributed by atoms with van der Waals surface area (Å²) in [7, 11) is 0. The van der Waals surface area contributed by atoms with Gasteiger partial charge in [-0.1, -0.05) is 19.1 Å². The number of morpholine rings is 1. The Morgan fingerprint density at radius 2 is 1.86 bits per heavy atom. The second-order valence-corrected chi connectivity index (χ2v) is 6.27. The highest BCUT2D eigenvalue weighted by atomic mass is 32.1. The van der Waals surface area contributed by atoms with E-state index in [1.54, 1.807) is 0 Å². The number of amides is 1. The van der Waals surface area contributed by atoms with E-state index < -0.39 is 0 Å². The molecule has 0 spiro atoms. The van der Waals surface area contributed by atoms with Crippen LogP contribution in [0.2, 0.25) is 0 Å². The molecule has 1 aliphatic heterocycles. The molecule has 0 saturated carbocycles. The summed E-state index contributed by atoms with van der Waals surface area (Å²) in [6.07, 6.45) is 1.07. The highest BCUT2D eigenvalue weighted by molar-refractivity contribution is 7.15. The molecule has 0 radical (unpaired) electrons. The SMILES string of the molecule is CCc1ccc(-c2ccc(C(=O)N3CCOCC3)cc2)s1. The van der Waals surface area contributed by atoms with E-state index in [2.05, 4.69) is 19.1 Å². The van der Waals surface area contributed by atoms with Gasteiger partial charge in [0.15, 0.2) is 0 Å². The van der Waals surface area contributed by atoms with Gasteiger partial charge < -0.3 is 9.64 Å². The number of nitrogens with zero attached hydrogens (tertiary/aromatic N) is 1. The summed E-state index contributed by atoms with van der Waals surface area (Å²) in [5, 5.41) is 0. The molecular weight excluding hydrogens is 282 g/mol. The molecule has 2 aromatic rings. The van der Waals surface area contributed by atoms with Crippen molar-refractivity contribution in [3.63, 3.8) is 0 Å². The molecule has 1 fully saturated rings. The second kappa shape index (κ2) is 6.41. The maximum Gasteiger partial charge on any atom is 0.254 e. The number of carbonyl (C=O) groups excluding carboxylic acids is 1. The number of aryl methyl sites for hydroxylation is 1. The Balaban J connectivity index is 1.75. The van der Waals surface area contributed by atoms with Crippen molar-refractivity contribution in [2.45, 2.75) is 13.3 Å². The minimum atomic E-state index is 0.102. The standard InChI is InChI=1S/C17H19NO2S/c1-2-15-7-8-16(21-15)13-3-5-14(6-4-13)17(19)18-9-11-20-12-10-18/h3-8H,2,9-12H2,1H3. The molecule has 0 aliphatic carbocycles. The molecular formula is C17H19NO2S. The molecule has 0 unspecified atom stereocenters. The predicted molar refractivity (Wildman–Crippen MR) is 85.9 cm³/mol. The van der Waals surface area contributed by atoms with Crippen molar-refractivity contribution in [3.05, 3.63) is 46.8 Å². The molecule has 4 heteroatoms. The molecule has 0 bridgehead atoms. The van der Waals surface area contributed by atoms with E-state index in [9.17, 15) is 4.79 Å². The van der Waals surface area contributed by atoms with E-state index >= 15 is 0 Å². The molecule has 0 atom stereocenters. The number of carbonyl (C=O) groups is 1. The van der Waals surface area contributed by atoms with Gasteiger partial charge >= 0.3 is 0 Å². The van der Waals surface area contributed by atoms with Gasteiger partial charge in [0, 0.05) is 28.4 Å². The Hall–Kier alpha value is -1.65. The van der Waals surface area contributed by atoms with Crippen LogP contribution in [0, 0.1) is 0 Å². The third-order valence-corrected chi connectivity index (χ3v) is 5.00. The average molecular weight is 301 g/mol. The first-order valence-corrected chi connectivity index (χ1v) is 8.15. The number of ether oxygens (including phenoxy) is 1. The van der Waals surface area contributed by atoms with Crippen LogP contribution in [0.15, 0.2) is 36.4 Å². The average Bonchev–Trinajstić information content (AvgIpc) is 3.04. The molecule has 1 amide bonds. The van der Waals surface area contributed by atoms with Gasteiger partial charge in [0.05, 0.1) is 13.2 Å². The number of thiophene rings is 1. The molecule has 1 saturated heterocycles. The first-order chi connectivity index (χ1) is 10.3. The van der Waals surface area contributed by atoms with Crippen LogP contribution in [-0.2, 0) is 11.2 Å². The molecule has 21 heavy (non-hydrogen) atoms. The molecule has 3 rings (SSSR count). The van der Waals surface area contributed by atoms with E-state index in [0.717, 1.165) is 12.0 Å². The van der Waals surface area contributed by atoms with Gasteiger partial charge in [-0.15, -0.1) is 11.3 Å². The molecule has 2 heterocycles. The summed E-state index contributed by atoms with van der Waals surface area (Å²) in [4.78, 5) is 16.9. The van der Waals surface area contributed by atoms with Crippen LogP contribution >= 0.6 is 11.3 Å². The highest BCUT2D eigenvalue weighted by Gasteiger charge is 2.18.